The first kappa shape index (κ1) is 22.7. The van der Waals surface area contributed by atoms with Crippen molar-refractivity contribution < 1.29 is 22.9 Å². The molecule has 1 aromatic carbocycles. The Morgan fingerprint density at radius 3 is 2.52 bits per heavy atom. The number of hydrogen-bond acceptors (Lipinski definition) is 11. The summed E-state index contributed by atoms with van der Waals surface area (Å²) in [5, 5.41) is 6.46. The van der Waals surface area contributed by atoms with Crippen LogP contribution in [0.3, 0.4) is 0 Å². The number of nitrogens with two attached hydrogens (primary N) is 1. The molecule has 0 bridgehead atoms. The summed E-state index contributed by atoms with van der Waals surface area (Å²) in [7, 11) is -1.26. The lowest BCUT2D eigenvalue weighted by Gasteiger charge is -2.17. The lowest BCUT2D eigenvalue weighted by molar-refractivity contribution is -0.340. The molecule has 0 saturated carbocycles. The number of thiazole rings is 2. The van der Waals surface area contributed by atoms with Crippen LogP contribution >= 0.6 is 22.7 Å². The van der Waals surface area contributed by atoms with Gasteiger partial charge in [-0.2, -0.15) is 4.98 Å². The maximum Gasteiger partial charge on any atom is 0.337 e. The number of rotatable bonds is 8. The number of hydrogen-bond donors (Lipinski definition) is 2. The second-order valence-corrected chi connectivity index (χ2v) is 10.1. The summed E-state index contributed by atoms with van der Waals surface area (Å²) in [6.07, 6.45) is 0. The Balaban J connectivity index is 1.48. The highest BCUT2D eigenvalue weighted by molar-refractivity contribution is 7.94. The van der Waals surface area contributed by atoms with Crippen LogP contribution in [-0.4, -0.2) is 37.6 Å². The first-order chi connectivity index (χ1) is 15.8. The number of nitrogens with zero attached hydrogens (tertiary/aromatic N) is 4. The van der Waals surface area contributed by atoms with Gasteiger partial charge in [-0.1, -0.05) is 22.7 Å². The first-order valence-electron chi connectivity index (χ1n) is 9.33. The highest BCUT2D eigenvalue weighted by Crippen LogP contribution is 2.32. The number of benzene rings is 1. The van der Waals surface area contributed by atoms with Crippen LogP contribution in [0.4, 0.5) is 21.8 Å². The molecule has 3 aromatic heterocycles. The van der Waals surface area contributed by atoms with Crippen molar-refractivity contribution in [2.75, 3.05) is 25.3 Å². The van der Waals surface area contributed by atoms with Crippen LogP contribution in [-0.2, 0) is 10.0 Å². The third-order valence-electron chi connectivity index (χ3n) is 4.28. The van der Waals surface area contributed by atoms with E-state index in [0.717, 1.165) is 21.4 Å². The SMILES string of the molecule is COc1cc([N-]S(=O)(=O)c2ccc(Nc3[nH+]c(-c4sc(N)nc4C)cs3)cc2)nc(OC)n1. The van der Waals surface area contributed by atoms with Crippen LogP contribution < -0.4 is 25.5 Å². The predicted octanol–water partition coefficient (Wildman–Crippen LogP) is 3.52. The van der Waals surface area contributed by atoms with Crippen molar-refractivity contribution in [3.8, 4) is 22.5 Å². The number of H-pyrrole nitrogens is 1. The fourth-order valence-corrected chi connectivity index (χ4v) is 5.35. The number of aryl methyl sites for hydroxylation is 1. The van der Waals surface area contributed by atoms with Gasteiger partial charge >= 0.3 is 5.13 Å². The zero-order valence-corrected chi connectivity index (χ0v) is 20.1. The maximum absolute atomic E-state index is 12.7. The van der Waals surface area contributed by atoms with Crippen LogP contribution in [0.5, 0.6) is 11.9 Å². The number of methoxy groups -OCH3 is 2. The van der Waals surface area contributed by atoms with Crippen molar-refractivity contribution in [1.29, 1.82) is 0 Å². The van der Waals surface area contributed by atoms with E-state index >= 15 is 0 Å². The molecule has 11 nitrogen and oxygen atoms in total. The molecule has 14 heteroatoms. The van der Waals surface area contributed by atoms with Gasteiger partial charge in [0.1, 0.15) is 5.69 Å². The van der Waals surface area contributed by atoms with Gasteiger partial charge in [0.05, 0.1) is 29.7 Å². The molecule has 0 aliphatic carbocycles. The minimum absolute atomic E-state index is 0.0104. The van der Waals surface area contributed by atoms with Gasteiger partial charge in [0.25, 0.3) is 0 Å². The van der Waals surface area contributed by atoms with Gasteiger partial charge in [-0.15, -0.1) is 0 Å². The highest BCUT2D eigenvalue weighted by Gasteiger charge is 2.17. The molecule has 3 heterocycles. The number of aromatic amines is 1. The van der Waals surface area contributed by atoms with Crippen LogP contribution in [0.2, 0.25) is 0 Å². The summed E-state index contributed by atoms with van der Waals surface area (Å²) < 4.78 is 39.2. The minimum atomic E-state index is -4.01. The molecule has 0 atom stereocenters. The van der Waals surface area contributed by atoms with Crippen molar-refractivity contribution >= 4 is 54.5 Å². The number of aromatic nitrogens is 4. The summed E-state index contributed by atoms with van der Waals surface area (Å²) in [6.45, 7) is 1.90. The average Bonchev–Trinajstić information content (AvgIpc) is 3.38. The zero-order chi connectivity index (χ0) is 23.6. The molecule has 0 saturated heterocycles. The monoisotopic (exact) mass is 505 g/mol. The normalized spacial score (nSPS) is 11.2. The number of ether oxygens (including phenoxy) is 2. The van der Waals surface area contributed by atoms with Gasteiger partial charge in [0, 0.05) is 11.4 Å². The average molecular weight is 506 g/mol. The van der Waals surface area contributed by atoms with E-state index in [9.17, 15) is 8.42 Å². The molecule has 0 aliphatic heterocycles. The van der Waals surface area contributed by atoms with E-state index in [0.29, 0.717) is 10.8 Å². The largest absolute Gasteiger partial charge is 0.483 e. The van der Waals surface area contributed by atoms with Gasteiger partial charge in [0.2, 0.25) is 21.9 Å². The van der Waals surface area contributed by atoms with Crippen LogP contribution in [0.25, 0.3) is 15.3 Å². The Hall–Kier alpha value is -3.49. The molecule has 172 valence electrons. The fraction of sp³-hybridized carbons (Fsp3) is 0.158. The van der Waals surface area contributed by atoms with Crippen LogP contribution in [0, 0.1) is 6.92 Å². The highest BCUT2D eigenvalue weighted by atomic mass is 32.2. The van der Waals surface area contributed by atoms with E-state index in [1.54, 1.807) is 12.1 Å². The number of sulfonamides is 1. The Morgan fingerprint density at radius 2 is 1.88 bits per heavy atom. The lowest BCUT2D eigenvalue weighted by atomic mass is 10.3. The molecule has 4 rings (SSSR count). The van der Waals surface area contributed by atoms with E-state index in [4.69, 9.17) is 15.2 Å². The molecule has 33 heavy (non-hydrogen) atoms. The molecule has 0 unspecified atom stereocenters. The summed E-state index contributed by atoms with van der Waals surface area (Å²) in [5.41, 5.74) is 8.24. The molecule has 0 fully saturated rings. The molecule has 0 spiro atoms. The Morgan fingerprint density at radius 1 is 1.12 bits per heavy atom. The Bertz CT molecular complexity index is 1360. The third-order valence-corrected chi connectivity index (χ3v) is 7.39. The fourth-order valence-electron chi connectivity index (χ4n) is 2.79. The van der Waals surface area contributed by atoms with E-state index in [-0.39, 0.29) is 22.6 Å². The van der Waals surface area contributed by atoms with Gasteiger partial charge in [-0.25, -0.2) is 23.7 Å². The molecule has 0 amide bonds. The molecule has 0 radical (unpaired) electrons. The van der Waals surface area contributed by atoms with Gasteiger partial charge in [0.15, 0.2) is 10.8 Å². The van der Waals surface area contributed by atoms with Crippen molar-refractivity contribution in [1.82, 2.24) is 15.0 Å². The summed E-state index contributed by atoms with van der Waals surface area (Å²) in [6, 6.07) is 7.46. The molecular formula is C19H19N7O4S3. The zero-order valence-electron chi connectivity index (χ0n) is 17.7. The van der Waals surface area contributed by atoms with Crippen LogP contribution in [0.15, 0.2) is 40.6 Å². The lowest BCUT2D eigenvalue weighted by Crippen LogP contribution is -2.07. The number of nitrogen functional groups attached to an aromatic ring is 1. The molecule has 4 aromatic rings. The molecular weight excluding hydrogens is 486 g/mol. The Labute approximate surface area is 197 Å². The second-order valence-electron chi connectivity index (χ2n) is 6.54. The predicted molar refractivity (Wildman–Crippen MR) is 126 cm³/mol. The summed E-state index contributed by atoms with van der Waals surface area (Å²) >= 11 is 2.88. The van der Waals surface area contributed by atoms with Crippen molar-refractivity contribution in [2.24, 2.45) is 0 Å². The smallest absolute Gasteiger partial charge is 0.337 e. The molecule has 4 N–H and O–H groups in total. The van der Waals surface area contributed by atoms with Crippen LogP contribution in [0.1, 0.15) is 5.69 Å². The quantitative estimate of drug-likeness (QED) is 0.365. The first-order valence-corrected chi connectivity index (χ1v) is 12.5. The van der Waals surface area contributed by atoms with Gasteiger partial charge < -0.3 is 24.9 Å². The minimum Gasteiger partial charge on any atom is -0.483 e. The standard InChI is InChI=1S/C19H18N7O4S3/c1-10-16(32-17(20)21-10)13-9-31-19(23-13)22-11-4-6-12(7-5-11)33(27,28)26-14-8-15(29-2)25-18(24-14)30-3/h4-9H,1-3H3,(H3-,20,21,22,23,24,25,26)/q-1/p+1. The van der Waals surface area contributed by atoms with Crippen molar-refractivity contribution in [2.45, 2.75) is 11.8 Å². The van der Waals surface area contributed by atoms with Gasteiger partial charge in [-0.3, -0.25) is 0 Å². The number of anilines is 3. The summed E-state index contributed by atoms with van der Waals surface area (Å²) in [4.78, 5) is 16.4. The van der Waals surface area contributed by atoms with Crippen molar-refractivity contribution in [3.05, 3.63) is 46.1 Å². The van der Waals surface area contributed by atoms with E-state index in [1.165, 1.54) is 55.1 Å². The number of nitrogens with one attached hydrogen (secondary N) is 2. The Kier molecular flexibility index (Phi) is 6.31. The maximum atomic E-state index is 12.7. The van der Waals surface area contributed by atoms with E-state index in [2.05, 4.69) is 30.0 Å². The summed E-state index contributed by atoms with van der Waals surface area (Å²) in [5.74, 6) is 0.0405. The third kappa shape index (κ3) is 5.13. The van der Waals surface area contributed by atoms with E-state index < -0.39 is 10.0 Å². The van der Waals surface area contributed by atoms with Gasteiger partial charge in [-0.05, 0) is 37.0 Å². The topological polar surface area (TPSA) is 158 Å². The molecule has 0 aliphatic rings. The second kappa shape index (κ2) is 9.17. The van der Waals surface area contributed by atoms with Crippen molar-refractivity contribution in [3.63, 3.8) is 0 Å². The van der Waals surface area contributed by atoms with E-state index in [1.807, 2.05) is 12.3 Å².